The molecule has 32 heavy (non-hydrogen) atoms. The standard InChI is InChI=1S/C22H25N5O3S2/c1-13-18(14-8-5-4-6-9-14)25-16-11-7-10-15(16)19(13)26-21(28)27-32(23,30)17-12-24-20(31-17)22(2,3)29/h4-6,8-9,12,29H,7,10-11H2,1-3H3,(H3,23,25,26,27,28,30). The number of carbonyl (C=O) groups is 1. The lowest BCUT2D eigenvalue weighted by Gasteiger charge is -2.16. The molecule has 3 aromatic rings. The molecule has 0 aliphatic heterocycles. The van der Waals surface area contributed by atoms with E-state index >= 15 is 0 Å². The average molecular weight is 472 g/mol. The molecule has 1 aromatic carbocycles. The van der Waals surface area contributed by atoms with Crippen LogP contribution in [-0.4, -0.2) is 25.3 Å². The second kappa shape index (κ2) is 8.36. The van der Waals surface area contributed by atoms with Crippen molar-refractivity contribution in [1.82, 2.24) is 9.97 Å². The van der Waals surface area contributed by atoms with Crippen LogP contribution in [-0.2, 0) is 28.4 Å². The van der Waals surface area contributed by atoms with Crippen molar-refractivity contribution in [2.24, 2.45) is 9.50 Å². The molecule has 0 fully saturated rings. The van der Waals surface area contributed by atoms with Crippen LogP contribution in [0.2, 0.25) is 0 Å². The molecule has 4 rings (SSSR count). The summed E-state index contributed by atoms with van der Waals surface area (Å²) >= 11 is 0.973. The summed E-state index contributed by atoms with van der Waals surface area (Å²) in [4.78, 5) is 21.7. The fourth-order valence-corrected chi connectivity index (χ4v) is 5.77. The molecule has 10 heteroatoms. The van der Waals surface area contributed by atoms with Crippen LogP contribution < -0.4 is 10.5 Å². The smallest absolute Gasteiger partial charge is 0.354 e. The Bertz CT molecular complexity index is 1300. The van der Waals surface area contributed by atoms with E-state index in [4.69, 9.17) is 10.1 Å². The zero-order valence-electron chi connectivity index (χ0n) is 18.1. The van der Waals surface area contributed by atoms with Crippen molar-refractivity contribution < 1.29 is 14.1 Å². The predicted molar refractivity (Wildman–Crippen MR) is 126 cm³/mol. The Morgan fingerprint density at radius 2 is 2.00 bits per heavy atom. The number of pyridine rings is 1. The molecule has 2 aromatic heterocycles. The maximum Gasteiger partial charge on any atom is 0.354 e. The van der Waals surface area contributed by atoms with E-state index in [-0.39, 0.29) is 4.21 Å². The van der Waals surface area contributed by atoms with E-state index < -0.39 is 21.5 Å². The summed E-state index contributed by atoms with van der Waals surface area (Å²) in [6.45, 7) is 5.03. The minimum Gasteiger partial charge on any atom is -0.383 e. The number of rotatable bonds is 4. The topological polar surface area (TPSA) is 131 Å². The van der Waals surface area contributed by atoms with Gasteiger partial charge in [0.25, 0.3) is 0 Å². The van der Waals surface area contributed by atoms with Gasteiger partial charge in [-0.1, -0.05) is 30.3 Å². The Hall–Kier alpha value is -2.66. The van der Waals surface area contributed by atoms with Crippen molar-refractivity contribution in [1.29, 1.82) is 0 Å². The highest BCUT2D eigenvalue weighted by Gasteiger charge is 2.25. The summed E-state index contributed by atoms with van der Waals surface area (Å²) in [6, 6.07) is 8.98. The number of urea groups is 1. The molecule has 2 heterocycles. The van der Waals surface area contributed by atoms with E-state index in [9.17, 15) is 14.1 Å². The maximum absolute atomic E-state index is 13.0. The van der Waals surface area contributed by atoms with Crippen molar-refractivity contribution in [3.8, 4) is 11.3 Å². The molecule has 0 saturated heterocycles. The number of hydrogen-bond donors (Lipinski definition) is 3. The van der Waals surface area contributed by atoms with Crippen molar-refractivity contribution in [2.75, 3.05) is 5.32 Å². The van der Waals surface area contributed by atoms with Crippen molar-refractivity contribution in [2.45, 2.75) is 49.8 Å². The molecule has 0 spiro atoms. The lowest BCUT2D eigenvalue weighted by Crippen LogP contribution is -2.18. The van der Waals surface area contributed by atoms with E-state index in [1.54, 1.807) is 13.8 Å². The molecule has 2 amide bonds. The number of aromatic nitrogens is 2. The Morgan fingerprint density at radius 3 is 2.66 bits per heavy atom. The monoisotopic (exact) mass is 471 g/mol. The van der Waals surface area contributed by atoms with Crippen LogP contribution in [0, 0.1) is 6.92 Å². The van der Waals surface area contributed by atoms with Crippen LogP contribution in [0.1, 0.15) is 42.1 Å². The van der Waals surface area contributed by atoms with Gasteiger partial charge in [-0.3, -0.25) is 4.98 Å². The van der Waals surface area contributed by atoms with Gasteiger partial charge in [-0.15, -0.1) is 15.7 Å². The number of aliphatic hydroxyl groups is 1. The number of hydrogen-bond acceptors (Lipinski definition) is 6. The van der Waals surface area contributed by atoms with Gasteiger partial charge in [0, 0.05) is 11.3 Å². The highest BCUT2D eigenvalue weighted by molar-refractivity contribution is 7.93. The highest BCUT2D eigenvalue weighted by atomic mass is 32.2. The zero-order chi connectivity index (χ0) is 23.1. The molecule has 1 unspecified atom stereocenters. The third-order valence-electron chi connectivity index (χ3n) is 5.26. The van der Waals surface area contributed by atoms with Crippen molar-refractivity contribution in [3.05, 3.63) is 58.4 Å². The lowest BCUT2D eigenvalue weighted by atomic mass is 10.0. The molecule has 0 radical (unpaired) electrons. The summed E-state index contributed by atoms with van der Waals surface area (Å²) in [6.07, 6.45) is 3.88. The third-order valence-corrected chi connectivity index (χ3v) is 8.45. The van der Waals surface area contributed by atoms with Crippen LogP contribution >= 0.6 is 11.3 Å². The van der Waals surface area contributed by atoms with Gasteiger partial charge in [-0.25, -0.2) is 19.1 Å². The summed E-state index contributed by atoms with van der Waals surface area (Å²) in [5.41, 5.74) is 3.96. The number of nitrogens with two attached hydrogens (primary N) is 1. The Kier molecular flexibility index (Phi) is 5.89. The number of aryl methyl sites for hydroxylation is 1. The van der Waals surface area contributed by atoms with Crippen molar-refractivity contribution >= 4 is 33.0 Å². The summed E-state index contributed by atoms with van der Waals surface area (Å²) in [5.74, 6) is 0. The normalized spacial score (nSPS) is 15.2. The fraction of sp³-hybridized carbons (Fsp3) is 0.318. The number of thiazole rings is 1. The molecule has 4 N–H and O–H groups in total. The molecule has 8 nitrogen and oxygen atoms in total. The maximum atomic E-state index is 13.0. The number of nitrogens with zero attached hydrogens (tertiary/aromatic N) is 3. The fourth-order valence-electron chi connectivity index (χ4n) is 3.71. The van der Waals surface area contributed by atoms with Gasteiger partial charge >= 0.3 is 6.03 Å². The number of carbonyl (C=O) groups excluding carboxylic acids is 1. The van der Waals surface area contributed by atoms with Crippen LogP contribution in [0.25, 0.3) is 11.3 Å². The second-order valence-electron chi connectivity index (χ2n) is 8.24. The first-order valence-electron chi connectivity index (χ1n) is 10.2. The number of benzene rings is 1. The van der Waals surface area contributed by atoms with Gasteiger partial charge in [0.1, 0.15) is 14.8 Å². The SMILES string of the molecule is Cc1c(-c2ccccc2)nc2c(c1NC(=O)N=S(N)(=O)c1cnc(C(C)(C)O)s1)CCC2. The number of anilines is 1. The average Bonchev–Trinajstić information content (AvgIpc) is 3.40. The molecular formula is C22H25N5O3S2. The molecule has 168 valence electrons. The van der Waals surface area contributed by atoms with Gasteiger partial charge < -0.3 is 10.4 Å². The van der Waals surface area contributed by atoms with E-state index in [0.29, 0.717) is 10.7 Å². The van der Waals surface area contributed by atoms with Crippen LogP contribution in [0.15, 0.2) is 45.1 Å². The van der Waals surface area contributed by atoms with Crippen LogP contribution in [0.5, 0.6) is 0 Å². The Balaban J connectivity index is 1.70. The summed E-state index contributed by atoms with van der Waals surface area (Å²) < 4.78 is 16.9. The predicted octanol–water partition coefficient (Wildman–Crippen LogP) is 4.16. The van der Waals surface area contributed by atoms with Gasteiger partial charge in [0.2, 0.25) is 0 Å². The largest absolute Gasteiger partial charge is 0.383 e. The second-order valence-corrected chi connectivity index (χ2v) is 11.3. The van der Waals surface area contributed by atoms with E-state index in [1.807, 2.05) is 37.3 Å². The van der Waals surface area contributed by atoms with Crippen molar-refractivity contribution in [3.63, 3.8) is 0 Å². The van der Waals surface area contributed by atoms with Gasteiger partial charge in [-0.05, 0) is 51.2 Å². The zero-order valence-corrected chi connectivity index (χ0v) is 19.7. The minimum absolute atomic E-state index is 0.131. The molecule has 1 atom stereocenters. The summed E-state index contributed by atoms with van der Waals surface area (Å²) in [5, 5.41) is 19.1. The minimum atomic E-state index is -3.52. The van der Waals surface area contributed by atoms with Gasteiger partial charge in [0.15, 0.2) is 9.92 Å². The molecule has 0 bridgehead atoms. The van der Waals surface area contributed by atoms with Gasteiger partial charge in [0.05, 0.1) is 17.6 Å². The Labute approximate surface area is 191 Å². The van der Waals surface area contributed by atoms with E-state index in [0.717, 1.165) is 58.7 Å². The number of fused-ring (bicyclic) bond motifs is 1. The number of amides is 2. The highest BCUT2D eigenvalue weighted by Crippen LogP contribution is 2.36. The van der Waals surface area contributed by atoms with E-state index in [1.165, 1.54) is 6.20 Å². The quantitative estimate of drug-likeness (QED) is 0.526. The van der Waals surface area contributed by atoms with Crippen LogP contribution in [0.3, 0.4) is 0 Å². The lowest BCUT2D eigenvalue weighted by molar-refractivity contribution is 0.0783. The van der Waals surface area contributed by atoms with E-state index in [2.05, 4.69) is 14.7 Å². The molecule has 1 aliphatic rings. The first-order chi connectivity index (χ1) is 15.1. The first-order valence-corrected chi connectivity index (χ1v) is 12.6. The molecule has 0 saturated carbocycles. The van der Waals surface area contributed by atoms with Crippen LogP contribution in [0.4, 0.5) is 10.5 Å². The molecule has 1 aliphatic carbocycles. The molecular weight excluding hydrogens is 446 g/mol. The van der Waals surface area contributed by atoms with Gasteiger partial charge in [-0.2, -0.15) is 0 Å². The first kappa shape index (κ1) is 22.5. The Morgan fingerprint density at radius 1 is 1.28 bits per heavy atom. The summed E-state index contributed by atoms with van der Waals surface area (Å²) in [7, 11) is -3.52. The third kappa shape index (κ3) is 4.44. The number of nitrogens with one attached hydrogen (secondary N) is 1.